The van der Waals surface area contributed by atoms with Crippen LogP contribution in [-0.4, -0.2) is 15.2 Å². The lowest BCUT2D eigenvalue weighted by atomic mass is 9.98. The molecule has 0 N–H and O–H groups in total. The van der Waals surface area contributed by atoms with Crippen molar-refractivity contribution < 1.29 is 4.39 Å². The summed E-state index contributed by atoms with van der Waals surface area (Å²) < 4.78 is 13.0. The van der Waals surface area contributed by atoms with Crippen LogP contribution in [0.5, 0.6) is 0 Å². The standard InChI is InChI=1S/C15H9ClFN3/c16-15-14(11-5-7-18-8-6-11)13(9-19-20-15)10-1-3-12(17)4-2-10/h1-9H. The Morgan fingerprint density at radius 1 is 0.900 bits per heavy atom. The predicted octanol–water partition coefficient (Wildman–Crippen LogP) is 4.00. The van der Waals surface area contributed by atoms with Crippen molar-refractivity contribution >= 4 is 11.6 Å². The van der Waals surface area contributed by atoms with Crippen LogP contribution >= 0.6 is 11.6 Å². The number of hydrogen-bond acceptors (Lipinski definition) is 3. The average molecular weight is 286 g/mol. The lowest BCUT2D eigenvalue weighted by Crippen LogP contribution is -1.92. The van der Waals surface area contributed by atoms with Crippen LogP contribution in [-0.2, 0) is 0 Å². The van der Waals surface area contributed by atoms with E-state index in [0.29, 0.717) is 5.15 Å². The van der Waals surface area contributed by atoms with Gasteiger partial charge in [0.15, 0.2) is 5.15 Å². The Morgan fingerprint density at radius 2 is 1.60 bits per heavy atom. The summed E-state index contributed by atoms with van der Waals surface area (Å²) in [7, 11) is 0. The Balaban J connectivity index is 2.22. The molecule has 0 aliphatic rings. The largest absolute Gasteiger partial charge is 0.265 e. The van der Waals surface area contributed by atoms with Crippen LogP contribution in [0, 0.1) is 5.82 Å². The molecule has 0 unspecified atom stereocenters. The smallest absolute Gasteiger partial charge is 0.160 e. The first-order chi connectivity index (χ1) is 9.75. The van der Waals surface area contributed by atoms with Gasteiger partial charge in [-0.2, -0.15) is 5.10 Å². The molecule has 0 spiro atoms. The van der Waals surface area contributed by atoms with Crippen LogP contribution in [0.4, 0.5) is 4.39 Å². The molecular weight excluding hydrogens is 277 g/mol. The minimum absolute atomic E-state index is 0.285. The Morgan fingerprint density at radius 3 is 2.30 bits per heavy atom. The number of benzene rings is 1. The molecule has 0 atom stereocenters. The van der Waals surface area contributed by atoms with Crippen molar-refractivity contribution in [1.29, 1.82) is 0 Å². The molecule has 98 valence electrons. The molecule has 5 heteroatoms. The van der Waals surface area contributed by atoms with E-state index in [-0.39, 0.29) is 5.82 Å². The first kappa shape index (κ1) is 12.7. The second kappa shape index (κ2) is 5.35. The summed E-state index contributed by atoms with van der Waals surface area (Å²) in [5.74, 6) is -0.285. The fourth-order valence-electron chi connectivity index (χ4n) is 2.00. The van der Waals surface area contributed by atoms with E-state index in [0.717, 1.165) is 22.3 Å². The molecule has 3 nitrogen and oxygen atoms in total. The van der Waals surface area contributed by atoms with E-state index in [1.165, 1.54) is 12.1 Å². The second-order valence-corrected chi connectivity index (χ2v) is 4.52. The molecular formula is C15H9ClFN3. The van der Waals surface area contributed by atoms with Crippen LogP contribution in [0.2, 0.25) is 5.15 Å². The Hall–Kier alpha value is -2.33. The molecule has 0 bridgehead atoms. The topological polar surface area (TPSA) is 38.7 Å². The van der Waals surface area contributed by atoms with Crippen molar-refractivity contribution in [3.05, 3.63) is 66.0 Å². The van der Waals surface area contributed by atoms with Gasteiger partial charge in [-0.05, 0) is 35.4 Å². The van der Waals surface area contributed by atoms with E-state index in [1.54, 1.807) is 30.7 Å². The molecule has 0 aliphatic carbocycles. The monoisotopic (exact) mass is 285 g/mol. The third kappa shape index (κ3) is 2.38. The number of rotatable bonds is 2. The van der Waals surface area contributed by atoms with Crippen LogP contribution in [0.1, 0.15) is 0 Å². The molecule has 3 aromatic rings. The zero-order chi connectivity index (χ0) is 13.9. The van der Waals surface area contributed by atoms with E-state index in [1.807, 2.05) is 12.1 Å². The van der Waals surface area contributed by atoms with Crippen LogP contribution in [0.15, 0.2) is 55.0 Å². The van der Waals surface area contributed by atoms with Crippen molar-refractivity contribution in [2.75, 3.05) is 0 Å². The lowest BCUT2D eigenvalue weighted by molar-refractivity contribution is 0.628. The molecule has 3 rings (SSSR count). The molecule has 0 fully saturated rings. The van der Waals surface area contributed by atoms with E-state index >= 15 is 0 Å². The zero-order valence-corrected chi connectivity index (χ0v) is 11.0. The predicted molar refractivity (Wildman–Crippen MR) is 75.7 cm³/mol. The summed E-state index contributed by atoms with van der Waals surface area (Å²) in [5, 5.41) is 8.06. The minimum atomic E-state index is -0.285. The molecule has 0 aliphatic heterocycles. The molecule has 2 aromatic heterocycles. The van der Waals surface area contributed by atoms with Crippen molar-refractivity contribution in [3.63, 3.8) is 0 Å². The molecule has 1 aromatic carbocycles. The zero-order valence-electron chi connectivity index (χ0n) is 10.3. The summed E-state index contributed by atoms with van der Waals surface area (Å²) in [6.45, 7) is 0. The quantitative estimate of drug-likeness (QED) is 0.714. The lowest BCUT2D eigenvalue weighted by Gasteiger charge is -2.10. The number of halogens is 2. The van der Waals surface area contributed by atoms with Gasteiger partial charge in [-0.15, -0.1) is 5.10 Å². The first-order valence-corrected chi connectivity index (χ1v) is 6.31. The molecule has 2 heterocycles. The van der Waals surface area contributed by atoms with E-state index in [2.05, 4.69) is 15.2 Å². The van der Waals surface area contributed by atoms with Crippen LogP contribution < -0.4 is 0 Å². The SMILES string of the molecule is Fc1ccc(-c2cnnc(Cl)c2-c2ccncc2)cc1. The summed E-state index contributed by atoms with van der Waals surface area (Å²) in [5.41, 5.74) is 3.28. The maximum absolute atomic E-state index is 13.0. The Kier molecular flexibility index (Phi) is 3.39. The van der Waals surface area contributed by atoms with E-state index < -0.39 is 0 Å². The van der Waals surface area contributed by atoms with Gasteiger partial charge in [0, 0.05) is 23.5 Å². The maximum Gasteiger partial charge on any atom is 0.160 e. The van der Waals surface area contributed by atoms with Gasteiger partial charge in [-0.1, -0.05) is 23.7 Å². The average Bonchev–Trinajstić information content (AvgIpc) is 2.49. The summed E-state index contributed by atoms with van der Waals surface area (Å²) in [4.78, 5) is 3.99. The fourth-order valence-corrected chi connectivity index (χ4v) is 2.26. The minimum Gasteiger partial charge on any atom is -0.265 e. The Labute approximate surface area is 120 Å². The molecule has 20 heavy (non-hydrogen) atoms. The van der Waals surface area contributed by atoms with Gasteiger partial charge in [0.25, 0.3) is 0 Å². The van der Waals surface area contributed by atoms with Crippen molar-refractivity contribution in [2.24, 2.45) is 0 Å². The maximum atomic E-state index is 13.0. The molecule has 0 amide bonds. The summed E-state index contributed by atoms with van der Waals surface area (Å²) in [6, 6.07) is 9.87. The number of hydrogen-bond donors (Lipinski definition) is 0. The summed E-state index contributed by atoms with van der Waals surface area (Å²) >= 11 is 6.18. The van der Waals surface area contributed by atoms with Gasteiger partial charge in [-0.25, -0.2) is 4.39 Å². The number of pyridine rings is 1. The van der Waals surface area contributed by atoms with Crippen molar-refractivity contribution in [2.45, 2.75) is 0 Å². The van der Waals surface area contributed by atoms with Crippen LogP contribution in [0.25, 0.3) is 22.3 Å². The van der Waals surface area contributed by atoms with Crippen LogP contribution in [0.3, 0.4) is 0 Å². The fraction of sp³-hybridized carbons (Fsp3) is 0. The number of nitrogens with zero attached hydrogens (tertiary/aromatic N) is 3. The van der Waals surface area contributed by atoms with Gasteiger partial charge < -0.3 is 0 Å². The molecule has 0 saturated carbocycles. The van der Waals surface area contributed by atoms with Crippen molar-refractivity contribution in [3.8, 4) is 22.3 Å². The Bertz CT molecular complexity index is 730. The highest BCUT2D eigenvalue weighted by Crippen LogP contribution is 2.35. The van der Waals surface area contributed by atoms with Gasteiger partial charge in [0.2, 0.25) is 0 Å². The van der Waals surface area contributed by atoms with Gasteiger partial charge in [0.05, 0.1) is 6.20 Å². The van der Waals surface area contributed by atoms with Gasteiger partial charge >= 0.3 is 0 Å². The number of aromatic nitrogens is 3. The summed E-state index contributed by atoms with van der Waals surface area (Å²) in [6.07, 6.45) is 4.98. The first-order valence-electron chi connectivity index (χ1n) is 5.93. The van der Waals surface area contributed by atoms with E-state index in [4.69, 9.17) is 11.6 Å². The second-order valence-electron chi connectivity index (χ2n) is 4.17. The molecule has 0 saturated heterocycles. The van der Waals surface area contributed by atoms with Gasteiger partial charge in [-0.3, -0.25) is 4.98 Å². The van der Waals surface area contributed by atoms with Crippen molar-refractivity contribution in [1.82, 2.24) is 15.2 Å². The van der Waals surface area contributed by atoms with E-state index in [9.17, 15) is 4.39 Å². The third-order valence-electron chi connectivity index (χ3n) is 2.93. The van der Waals surface area contributed by atoms with Gasteiger partial charge in [0.1, 0.15) is 5.82 Å². The highest BCUT2D eigenvalue weighted by molar-refractivity contribution is 6.32. The molecule has 0 radical (unpaired) electrons. The normalized spacial score (nSPS) is 10.5. The highest BCUT2D eigenvalue weighted by atomic mass is 35.5. The third-order valence-corrected chi connectivity index (χ3v) is 3.20. The highest BCUT2D eigenvalue weighted by Gasteiger charge is 2.13.